The zero-order valence-corrected chi connectivity index (χ0v) is 16.5. The number of rotatable bonds is 6. The number of H-pyrrole nitrogens is 1. The molecule has 0 fully saturated rings. The molecule has 0 bridgehead atoms. The number of nitrogens with one attached hydrogen (secondary N) is 1. The molecule has 0 saturated carbocycles. The lowest BCUT2D eigenvalue weighted by Gasteiger charge is -2.31. The van der Waals surface area contributed by atoms with Crippen LogP contribution in [0.4, 0.5) is 5.69 Å². The van der Waals surface area contributed by atoms with Crippen molar-refractivity contribution < 1.29 is 8.42 Å². The fraction of sp³-hybridized carbons (Fsp3) is 0.286. The van der Waals surface area contributed by atoms with E-state index in [1.165, 1.54) is 28.6 Å². The molecule has 1 N–H and O–H groups in total. The molecular weight excluding hydrogens is 358 g/mol. The molecular formula is C21H23N3O2S. The van der Waals surface area contributed by atoms with E-state index < -0.39 is 10.0 Å². The lowest BCUT2D eigenvalue weighted by Crippen LogP contribution is -2.39. The second kappa shape index (κ2) is 7.45. The van der Waals surface area contributed by atoms with E-state index in [0.717, 1.165) is 17.3 Å². The molecule has 2 aromatic carbocycles. The molecule has 3 aromatic rings. The zero-order valence-electron chi connectivity index (χ0n) is 15.7. The van der Waals surface area contributed by atoms with Gasteiger partial charge in [0, 0.05) is 23.1 Å². The fourth-order valence-electron chi connectivity index (χ4n) is 3.40. The third kappa shape index (κ3) is 3.83. The average Bonchev–Trinajstić information content (AvgIpc) is 3.09. The van der Waals surface area contributed by atoms with Crippen LogP contribution in [0.3, 0.4) is 0 Å². The molecule has 0 saturated heterocycles. The van der Waals surface area contributed by atoms with Crippen molar-refractivity contribution in [2.75, 3.05) is 4.31 Å². The van der Waals surface area contributed by atoms with Crippen molar-refractivity contribution >= 4 is 26.6 Å². The van der Waals surface area contributed by atoms with E-state index in [2.05, 4.69) is 18.8 Å². The molecule has 140 valence electrons. The Morgan fingerprint density at radius 1 is 1.07 bits per heavy atom. The molecule has 27 heavy (non-hydrogen) atoms. The Bertz CT molecular complexity index is 1080. The predicted octanol–water partition coefficient (Wildman–Crippen LogP) is 4.67. The predicted molar refractivity (Wildman–Crippen MR) is 108 cm³/mol. The van der Waals surface area contributed by atoms with E-state index in [0.29, 0.717) is 17.2 Å². The van der Waals surface area contributed by atoms with Gasteiger partial charge in [-0.1, -0.05) is 13.8 Å². The summed E-state index contributed by atoms with van der Waals surface area (Å²) in [5.74, 6) is 0.356. The molecule has 0 aliphatic heterocycles. The summed E-state index contributed by atoms with van der Waals surface area (Å²) in [7, 11) is -3.76. The maximum absolute atomic E-state index is 13.5. The third-order valence-electron chi connectivity index (χ3n) is 4.54. The van der Waals surface area contributed by atoms with Crippen LogP contribution in [0.2, 0.25) is 0 Å². The maximum Gasteiger partial charge on any atom is 0.264 e. The number of benzene rings is 2. The molecule has 1 aromatic heterocycles. The van der Waals surface area contributed by atoms with E-state index in [-0.39, 0.29) is 10.9 Å². The standard InChI is InChI=1S/C21H23N3O2S/c1-15(2)12-16(3)24(19-6-9-21-18(13-19)10-11-23-21)27(25,26)20-7-4-17(14-22)5-8-20/h4-11,13,15-16,23H,12H2,1-3H3/t16-/m1/s1. The molecule has 1 heterocycles. The number of nitriles is 1. The van der Waals surface area contributed by atoms with E-state index in [4.69, 9.17) is 5.26 Å². The van der Waals surface area contributed by atoms with E-state index in [1.54, 1.807) is 0 Å². The van der Waals surface area contributed by atoms with Gasteiger partial charge in [-0.25, -0.2) is 8.42 Å². The average molecular weight is 382 g/mol. The Labute approximate surface area is 160 Å². The Morgan fingerprint density at radius 3 is 2.41 bits per heavy atom. The summed E-state index contributed by atoms with van der Waals surface area (Å²) in [6, 6.07) is 15.4. The minimum atomic E-state index is -3.76. The number of hydrogen-bond donors (Lipinski definition) is 1. The third-order valence-corrected chi connectivity index (χ3v) is 6.50. The number of fused-ring (bicyclic) bond motifs is 1. The molecule has 0 aliphatic carbocycles. The first-order valence-electron chi connectivity index (χ1n) is 8.94. The van der Waals surface area contributed by atoms with Gasteiger partial charge in [0.05, 0.1) is 22.2 Å². The first-order valence-corrected chi connectivity index (χ1v) is 10.4. The summed E-state index contributed by atoms with van der Waals surface area (Å²) in [5, 5.41) is 9.94. The number of sulfonamides is 1. The van der Waals surface area contributed by atoms with Gasteiger partial charge in [0.25, 0.3) is 10.0 Å². The number of aromatic amines is 1. The van der Waals surface area contributed by atoms with Crippen molar-refractivity contribution in [1.29, 1.82) is 5.26 Å². The largest absolute Gasteiger partial charge is 0.361 e. The molecule has 0 radical (unpaired) electrons. The lowest BCUT2D eigenvalue weighted by molar-refractivity contribution is 0.509. The molecule has 5 nitrogen and oxygen atoms in total. The van der Waals surface area contributed by atoms with Crippen molar-refractivity contribution in [2.24, 2.45) is 5.92 Å². The van der Waals surface area contributed by atoms with Gasteiger partial charge in [-0.15, -0.1) is 0 Å². The number of anilines is 1. The molecule has 0 amide bonds. The van der Waals surface area contributed by atoms with Gasteiger partial charge < -0.3 is 4.98 Å². The monoisotopic (exact) mass is 381 g/mol. The fourth-order valence-corrected chi connectivity index (χ4v) is 5.06. The quantitative estimate of drug-likeness (QED) is 0.674. The van der Waals surface area contributed by atoms with Crippen LogP contribution in [0.1, 0.15) is 32.8 Å². The van der Waals surface area contributed by atoms with Crippen LogP contribution >= 0.6 is 0 Å². The van der Waals surface area contributed by atoms with Crippen LogP contribution < -0.4 is 4.31 Å². The number of hydrogen-bond acceptors (Lipinski definition) is 3. The second-order valence-electron chi connectivity index (χ2n) is 7.16. The normalized spacial score (nSPS) is 12.9. The highest BCUT2D eigenvalue weighted by molar-refractivity contribution is 7.92. The Balaban J connectivity index is 2.11. The SMILES string of the molecule is CC(C)C[C@@H](C)N(c1ccc2[nH]ccc2c1)S(=O)(=O)c1ccc(C#N)cc1. The van der Waals surface area contributed by atoms with Crippen molar-refractivity contribution in [3.63, 3.8) is 0 Å². The van der Waals surface area contributed by atoms with E-state index in [1.807, 2.05) is 43.5 Å². The van der Waals surface area contributed by atoms with E-state index >= 15 is 0 Å². The molecule has 1 atom stereocenters. The van der Waals surface area contributed by atoms with Crippen molar-refractivity contribution in [1.82, 2.24) is 4.98 Å². The minimum absolute atomic E-state index is 0.186. The molecule has 0 aliphatic rings. The highest BCUT2D eigenvalue weighted by Gasteiger charge is 2.30. The maximum atomic E-state index is 13.5. The summed E-state index contributed by atoms with van der Waals surface area (Å²) in [6.07, 6.45) is 2.58. The van der Waals surface area contributed by atoms with E-state index in [9.17, 15) is 8.42 Å². The van der Waals surface area contributed by atoms with Crippen LogP contribution in [-0.2, 0) is 10.0 Å². The first kappa shape index (κ1) is 19.0. The van der Waals surface area contributed by atoms with Crippen LogP contribution in [0.15, 0.2) is 59.6 Å². The number of aromatic nitrogens is 1. The molecule has 0 spiro atoms. The Kier molecular flexibility index (Phi) is 5.24. The first-order chi connectivity index (χ1) is 12.8. The van der Waals surface area contributed by atoms with Gasteiger partial charge in [0.15, 0.2) is 0 Å². The van der Waals surface area contributed by atoms with Crippen LogP contribution in [-0.4, -0.2) is 19.4 Å². The summed E-state index contributed by atoms with van der Waals surface area (Å²) < 4.78 is 28.4. The highest BCUT2D eigenvalue weighted by atomic mass is 32.2. The Morgan fingerprint density at radius 2 is 1.78 bits per heavy atom. The summed E-state index contributed by atoms with van der Waals surface area (Å²) in [6.45, 7) is 6.10. The molecule has 3 rings (SSSR count). The van der Waals surface area contributed by atoms with Gasteiger partial charge >= 0.3 is 0 Å². The highest BCUT2D eigenvalue weighted by Crippen LogP contribution is 2.31. The van der Waals surface area contributed by atoms with Gasteiger partial charge in [0.2, 0.25) is 0 Å². The lowest BCUT2D eigenvalue weighted by atomic mass is 10.0. The van der Waals surface area contributed by atoms with Gasteiger partial charge in [0.1, 0.15) is 0 Å². The topological polar surface area (TPSA) is 77.0 Å². The van der Waals surface area contributed by atoms with Gasteiger partial charge in [-0.2, -0.15) is 5.26 Å². The number of nitrogens with zero attached hydrogens (tertiary/aromatic N) is 2. The van der Waals surface area contributed by atoms with Gasteiger partial charge in [-0.3, -0.25) is 4.31 Å². The molecule has 0 unspecified atom stereocenters. The van der Waals surface area contributed by atoms with Crippen molar-refractivity contribution in [2.45, 2.75) is 38.1 Å². The van der Waals surface area contributed by atoms with Crippen LogP contribution in [0.5, 0.6) is 0 Å². The van der Waals surface area contributed by atoms with Crippen molar-refractivity contribution in [3.05, 3.63) is 60.3 Å². The second-order valence-corrected chi connectivity index (χ2v) is 8.98. The van der Waals surface area contributed by atoms with Gasteiger partial charge in [-0.05, 0) is 67.8 Å². The minimum Gasteiger partial charge on any atom is -0.361 e. The summed E-state index contributed by atoms with van der Waals surface area (Å²) in [4.78, 5) is 3.32. The zero-order chi connectivity index (χ0) is 19.6. The van der Waals surface area contributed by atoms with Crippen LogP contribution in [0.25, 0.3) is 10.9 Å². The molecule has 6 heteroatoms. The van der Waals surface area contributed by atoms with Crippen molar-refractivity contribution in [3.8, 4) is 6.07 Å². The summed E-state index contributed by atoms with van der Waals surface area (Å²) in [5.41, 5.74) is 2.04. The summed E-state index contributed by atoms with van der Waals surface area (Å²) >= 11 is 0. The van der Waals surface area contributed by atoms with Crippen LogP contribution in [0, 0.1) is 17.2 Å². The smallest absolute Gasteiger partial charge is 0.264 e. The Hall–Kier alpha value is -2.78.